The molecule has 0 saturated carbocycles. The van der Waals surface area contributed by atoms with Crippen molar-refractivity contribution in [2.45, 2.75) is 10.1 Å². The van der Waals surface area contributed by atoms with E-state index in [9.17, 15) is 9.18 Å². The van der Waals surface area contributed by atoms with Gasteiger partial charge in [-0.3, -0.25) is 9.89 Å². The first-order valence-corrected chi connectivity index (χ1v) is 10.7. The Morgan fingerprint density at radius 2 is 1.93 bits per heavy atom. The molecule has 0 atom stereocenters. The summed E-state index contributed by atoms with van der Waals surface area (Å²) in [5.41, 5.74) is 1.63. The van der Waals surface area contributed by atoms with Gasteiger partial charge in [-0.15, -0.1) is 23.4 Å². The van der Waals surface area contributed by atoms with E-state index in [0.29, 0.717) is 11.0 Å². The highest BCUT2D eigenvalue weighted by atomic mass is 32.2. The van der Waals surface area contributed by atoms with Crippen LogP contribution in [0.15, 0.2) is 71.2 Å². The van der Waals surface area contributed by atoms with Crippen LogP contribution < -0.4 is 5.32 Å². The molecule has 3 rings (SSSR count). The van der Waals surface area contributed by atoms with Crippen LogP contribution >= 0.6 is 23.5 Å². The van der Waals surface area contributed by atoms with Crippen molar-refractivity contribution in [3.63, 3.8) is 0 Å². The third-order valence-corrected chi connectivity index (χ3v) is 5.55. The van der Waals surface area contributed by atoms with Gasteiger partial charge in [0.15, 0.2) is 0 Å². The zero-order valence-corrected chi connectivity index (χ0v) is 17.1. The Morgan fingerprint density at radius 3 is 2.72 bits per heavy atom. The van der Waals surface area contributed by atoms with E-state index in [1.807, 2.05) is 30.3 Å². The van der Waals surface area contributed by atoms with Crippen molar-refractivity contribution >= 4 is 47.3 Å². The smallest absolute Gasteiger partial charge is 0.234 e. The molecule has 0 fully saturated rings. The van der Waals surface area contributed by atoms with Crippen molar-refractivity contribution in [3.05, 3.63) is 78.4 Å². The molecule has 1 heterocycles. The SMILES string of the molecule is C=CCSc1ccccc1NC(=O)CSc1n[nH]c(/C=C/c2ccc(F)cc2)n1. The number of hydrogen-bond donors (Lipinski definition) is 2. The Labute approximate surface area is 176 Å². The molecule has 1 amide bonds. The van der Waals surface area contributed by atoms with Crippen LogP contribution in [-0.4, -0.2) is 32.6 Å². The molecule has 1 aromatic heterocycles. The molecule has 148 valence electrons. The molecule has 0 aliphatic rings. The molecule has 8 heteroatoms. The molecule has 2 N–H and O–H groups in total. The quantitative estimate of drug-likeness (QED) is 0.367. The maximum absolute atomic E-state index is 12.9. The van der Waals surface area contributed by atoms with Gasteiger partial charge in [-0.1, -0.05) is 48.2 Å². The standard InChI is InChI=1S/C21H19FN4OS2/c1-2-13-28-18-6-4-3-5-17(18)23-20(27)14-29-21-24-19(25-26-21)12-9-15-7-10-16(22)11-8-15/h2-12H,1,13-14H2,(H,23,27)(H,24,25,26)/b12-9+. The summed E-state index contributed by atoms with van der Waals surface area (Å²) in [5.74, 6) is 1.12. The predicted octanol–water partition coefficient (Wildman–Crippen LogP) is 5.12. The highest BCUT2D eigenvalue weighted by Crippen LogP contribution is 2.27. The van der Waals surface area contributed by atoms with Crippen LogP contribution in [0.2, 0.25) is 0 Å². The number of halogens is 1. The minimum absolute atomic E-state index is 0.130. The third-order valence-electron chi connectivity index (χ3n) is 3.64. The molecular weight excluding hydrogens is 407 g/mol. The molecular formula is C21H19FN4OS2. The average Bonchev–Trinajstić information content (AvgIpc) is 3.19. The van der Waals surface area contributed by atoms with Crippen molar-refractivity contribution in [2.24, 2.45) is 0 Å². The summed E-state index contributed by atoms with van der Waals surface area (Å²) >= 11 is 2.86. The molecule has 0 radical (unpaired) electrons. The van der Waals surface area contributed by atoms with E-state index in [1.165, 1.54) is 23.9 Å². The van der Waals surface area contributed by atoms with Gasteiger partial charge in [0.05, 0.1) is 11.4 Å². The Hall–Kier alpha value is -2.84. The van der Waals surface area contributed by atoms with Crippen LogP contribution in [0.4, 0.5) is 10.1 Å². The first-order valence-electron chi connectivity index (χ1n) is 8.75. The lowest BCUT2D eigenvalue weighted by atomic mass is 10.2. The van der Waals surface area contributed by atoms with Gasteiger partial charge in [-0.25, -0.2) is 9.37 Å². The van der Waals surface area contributed by atoms with Crippen LogP contribution in [0.5, 0.6) is 0 Å². The largest absolute Gasteiger partial charge is 0.324 e. The van der Waals surface area contributed by atoms with Gasteiger partial charge in [0.1, 0.15) is 11.6 Å². The summed E-state index contributed by atoms with van der Waals surface area (Å²) < 4.78 is 12.9. The number of aromatic nitrogens is 3. The van der Waals surface area contributed by atoms with Gasteiger partial charge >= 0.3 is 0 Å². The fourth-order valence-electron chi connectivity index (χ4n) is 2.31. The molecule has 3 aromatic rings. The van der Waals surface area contributed by atoms with Gasteiger partial charge in [0.25, 0.3) is 0 Å². The Morgan fingerprint density at radius 1 is 1.14 bits per heavy atom. The van der Waals surface area contributed by atoms with Crippen LogP contribution in [-0.2, 0) is 4.79 Å². The van der Waals surface area contributed by atoms with Crippen molar-refractivity contribution in [3.8, 4) is 0 Å². The summed E-state index contributed by atoms with van der Waals surface area (Å²) in [6.45, 7) is 3.72. The first kappa shape index (κ1) is 20.9. The number of carbonyl (C=O) groups is 1. The number of aromatic amines is 1. The molecule has 0 aliphatic heterocycles. The van der Waals surface area contributed by atoms with E-state index in [4.69, 9.17) is 0 Å². The maximum Gasteiger partial charge on any atom is 0.234 e. The lowest BCUT2D eigenvalue weighted by molar-refractivity contribution is -0.113. The Kier molecular flexibility index (Phi) is 7.66. The lowest BCUT2D eigenvalue weighted by Gasteiger charge is -2.09. The minimum Gasteiger partial charge on any atom is -0.324 e. The highest BCUT2D eigenvalue weighted by Gasteiger charge is 2.09. The van der Waals surface area contributed by atoms with E-state index in [2.05, 4.69) is 27.1 Å². The molecule has 0 saturated heterocycles. The average molecular weight is 427 g/mol. The summed E-state index contributed by atoms with van der Waals surface area (Å²) in [7, 11) is 0. The molecule has 0 unspecified atom stereocenters. The molecule has 5 nitrogen and oxygen atoms in total. The fourth-order valence-corrected chi connectivity index (χ4v) is 3.66. The molecule has 0 spiro atoms. The van der Waals surface area contributed by atoms with Crippen LogP contribution in [0, 0.1) is 5.82 Å². The summed E-state index contributed by atoms with van der Waals surface area (Å²) in [6.07, 6.45) is 5.38. The number of hydrogen-bond acceptors (Lipinski definition) is 5. The number of amides is 1. The van der Waals surface area contributed by atoms with Crippen LogP contribution in [0.25, 0.3) is 12.2 Å². The second kappa shape index (κ2) is 10.6. The molecule has 0 bridgehead atoms. The normalized spacial score (nSPS) is 10.9. The summed E-state index contributed by atoms with van der Waals surface area (Å²) in [6, 6.07) is 13.8. The van der Waals surface area contributed by atoms with Gasteiger partial charge < -0.3 is 5.32 Å². The molecule has 0 aliphatic carbocycles. The number of nitrogens with zero attached hydrogens (tertiary/aromatic N) is 2. The number of thioether (sulfide) groups is 2. The van der Waals surface area contributed by atoms with Gasteiger partial charge in [0, 0.05) is 10.6 Å². The monoisotopic (exact) mass is 426 g/mol. The molecule has 2 aromatic carbocycles. The van der Waals surface area contributed by atoms with Crippen molar-refractivity contribution < 1.29 is 9.18 Å². The second-order valence-electron chi connectivity index (χ2n) is 5.82. The number of nitrogens with one attached hydrogen (secondary N) is 2. The maximum atomic E-state index is 12.9. The lowest BCUT2D eigenvalue weighted by Crippen LogP contribution is -2.14. The van der Waals surface area contributed by atoms with Gasteiger partial charge in [-0.05, 0) is 35.9 Å². The first-order chi connectivity index (χ1) is 14.1. The van der Waals surface area contributed by atoms with Crippen molar-refractivity contribution in [2.75, 3.05) is 16.8 Å². The van der Waals surface area contributed by atoms with Crippen LogP contribution in [0.1, 0.15) is 11.4 Å². The van der Waals surface area contributed by atoms with Crippen LogP contribution in [0.3, 0.4) is 0 Å². The van der Waals surface area contributed by atoms with E-state index < -0.39 is 0 Å². The number of anilines is 1. The van der Waals surface area contributed by atoms with E-state index in [0.717, 1.165) is 21.9 Å². The molecule has 29 heavy (non-hydrogen) atoms. The topological polar surface area (TPSA) is 70.7 Å². The van der Waals surface area contributed by atoms with Gasteiger partial charge in [-0.2, -0.15) is 0 Å². The number of benzene rings is 2. The summed E-state index contributed by atoms with van der Waals surface area (Å²) in [5, 5.41) is 10.3. The number of carbonyl (C=O) groups excluding carboxylic acids is 1. The number of H-pyrrole nitrogens is 1. The fraction of sp³-hybridized carbons (Fsp3) is 0.0952. The van der Waals surface area contributed by atoms with E-state index in [-0.39, 0.29) is 17.5 Å². The zero-order chi connectivity index (χ0) is 20.5. The second-order valence-corrected chi connectivity index (χ2v) is 7.83. The van der Waals surface area contributed by atoms with E-state index >= 15 is 0 Å². The third kappa shape index (κ3) is 6.62. The predicted molar refractivity (Wildman–Crippen MR) is 118 cm³/mol. The van der Waals surface area contributed by atoms with Gasteiger partial charge in [0.2, 0.25) is 11.1 Å². The van der Waals surface area contributed by atoms with Crippen molar-refractivity contribution in [1.29, 1.82) is 0 Å². The summed E-state index contributed by atoms with van der Waals surface area (Å²) in [4.78, 5) is 17.6. The van der Waals surface area contributed by atoms with Crippen molar-refractivity contribution in [1.82, 2.24) is 15.2 Å². The Bertz CT molecular complexity index is 1000. The highest BCUT2D eigenvalue weighted by molar-refractivity contribution is 8.00. The number of rotatable bonds is 9. The minimum atomic E-state index is -0.277. The zero-order valence-electron chi connectivity index (χ0n) is 15.5. The Balaban J connectivity index is 1.52. The number of para-hydroxylation sites is 1. The van der Waals surface area contributed by atoms with E-state index in [1.54, 1.807) is 36.0 Å².